The second kappa shape index (κ2) is 8.59. The number of hydrogen-bond donors (Lipinski definition) is 2. The average Bonchev–Trinajstić information content (AvgIpc) is 3.06. The average molecular weight is 357 g/mol. The van der Waals surface area contributed by atoms with Crippen LogP contribution in [-0.2, 0) is 9.53 Å². The number of carbonyl (C=O) groups excluding carboxylic acids is 2. The van der Waals surface area contributed by atoms with Crippen molar-refractivity contribution in [1.82, 2.24) is 20.0 Å². The molecule has 1 aliphatic rings. The monoisotopic (exact) mass is 357 g/mol. The molecule has 0 spiro atoms. The van der Waals surface area contributed by atoms with Gasteiger partial charge < -0.3 is 15.4 Å². The quantitative estimate of drug-likeness (QED) is 0.802. The molecule has 2 amide bonds. The Morgan fingerprint density at radius 1 is 1.19 bits per heavy atom. The molecule has 0 aliphatic carbocycles. The van der Waals surface area contributed by atoms with Crippen LogP contribution in [0.15, 0.2) is 36.4 Å². The molecule has 1 fully saturated rings. The van der Waals surface area contributed by atoms with Gasteiger partial charge in [0, 0.05) is 39.2 Å². The Hall–Kier alpha value is -2.71. The number of benzene rings is 1. The molecular weight excluding hydrogens is 334 g/mol. The molecule has 0 saturated carbocycles. The molecule has 3 rings (SSSR count). The Labute approximate surface area is 152 Å². The molecule has 0 bridgehead atoms. The molecule has 1 aromatic carbocycles. The molecule has 1 aromatic heterocycles. The molecule has 1 aliphatic heterocycles. The lowest BCUT2D eigenvalue weighted by atomic mass is 10.3. The van der Waals surface area contributed by atoms with E-state index < -0.39 is 0 Å². The third-order valence-corrected chi connectivity index (χ3v) is 4.06. The number of ether oxygens (including phenoxy) is 1. The third-order valence-electron chi connectivity index (χ3n) is 4.06. The van der Waals surface area contributed by atoms with Gasteiger partial charge in [-0.3, -0.25) is 14.5 Å². The zero-order valence-electron chi connectivity index (χ0n) is 14.8. The number of nitrogens with one attached hydrogen (secondary N) is 2. The van der Waals surface area contributed by atoms with E-state index in [-0.39, 0.29) is 17.5 Å². The van der Waals surface area contributed by atoms with Crippen molar-refractivity contribution in [2.24, 2.45) is 0 Å². The molecule has 8 nitrogen and oxygen atoms in total. The minimum atomic E-state index is -0.264. The first-order valence-electron chi connectivity index (χ1n) is 8.65. The fraction of sp³-hybridized carbons (Fsp3) is 0.389. The number of carbonyl (C=O) groups is 2. The second-order valence-electron chi connectivity index (χ2n) is 6.05. The Kier molecular flexibility index (Phi) is 5.98. The number of rotatable bonds is 6. The summed E-state index contributed by atoms with van der Waals surface area (Å²) in [6.07, 6.45) is 0. The van der Waals surface area contributed by atoms with E-state index in [1.807, 2.05) is 30.3 Å². The number of aromatic nitrogens is 2. The van der Waals surface area contributed by atoms with Gasteiger partial charge in [-0.15, -0.1) is 0 Å². The molecule has 0 unspecified atom stereocenters. The first-order valence-corrected chi connectivity index (χ1v) is 8.65. The fourth-order valence-electron chi connectivity index (χ4n) is 2.77. The molecule has 0 atom stereocenters. The van der Waals surface area contributed by atoms with Gasteiger partial charge in [0.1, 0.15) is 5.82 Å². The van der Waals surface area contributed by atoms with Crippen molar-refractivity contribution >= 4 is 17.6 Å². The van der Waals surface area contributed by atoms with E-state index in [4.69, 9.17) is 4.74 Å². The molecular formula is C18H23N5O3. The highest BCUT2D eigenvalue weighted by atomic mass is 16.5. The summed E-state index contributed by atoms with van der Waals surface area (Å²) in [5, 5.41) is 9.95. The van der Waals surface area contributed by atoms with Gasteiger partial charge in [-0.25, -0.2) is 4.68 Å². The van der Waals surface area contributed by atoms with Gasteiger partial charge in [-0.05, 0) is 12.1 Å². The normalized spacial score (nSPS) is 14.8. The summed E-state index contributed by atoms with van der Waals surface area (Å²) in [7, 11) is 0. The van der Waals surface area contributed by atoms with Crippen LogP contribution in [-0.4, -0.2) is 65.9 Å². The summed E-state index contributed by atoms with van der Waals surface area (Å²) in [4.78, 5) is 26.1. The number of para-hydroxylation sites is 1. The van der Waals surface area contributed by atoms with E-state index in [1.54, 1.807) is 10.7 Å². The maximum Gasteiger partial charge on any atom is 0.271 e. The van der Waals surface area contributed by atoms with Crippen molar-refractivity contribution in [1.29, 1.82) is 0 Å². The minimum absolute atomic E-state index is 0.221. The van der Waals surface area contributed by atoms with Crippen LogP contribution in [0.25, 0.3) is 5.69 Å². The summed E-state index contributed by atoms with van der Waals surface area (Å²) >= 11 is 0. The van der Waals surface area contributed by atoms with Crippen molar-refractivity contribution in [2.75, 3.05) is 44.7 Å². The predicted octanol–water partition coefficient (Wildman–Crippen LogP) is 0.893. The predicted molar refractivity (Wildman–Crippen MR) is 97.5 cm³/mol. The van der Waals surface area contributed by atoms with Gasteiger partial charge in [0.2, 0.25) is 5.91 Å². The van der Waals surface area contributed by atoms with Crippen LogP contribution in [0.2, 0.25) is 0 Å². The summed E-state index contributed by atoms with van der Waals surface area (Å²) in [5.74, 6) is -0.0251. The lowest BCUT2D eigenvalue weighted by Gasteiger charge is -2.26. The summed E-state index contributed by atoms with van der Waals surface area (Å²) in [6.45, 7) is 5.95. The van der Waals surface area contributed by atoms with Gasteiger partial charge >= 0.3 is 0 Å². The Morgan fingerprint density at radius 2 is 1.92 bits per heavy atom. The molecule has 2 N–H and O–H groups in total. The zero-order valence-corrected chi connectivity index (χ0v) is 14.8. The summed E-state index contributed by atoms with van der Waals surface area (Å²) < 4.78 is 6.86. The molecule has 2 heterocycles. The van der Waals surface area contributed by atoms with Crippen LogP contribution in [0.1, 0.15) is 17.4 Å². The fourth-order valence-corrected chi connectivity index (χ4v) is 2.77. The van der Waals surface area contributed by atoms with Crippen LogP contribution in [0.5, 0.6) is 0 Å². The molecule has 2 aromatic rings. The van der Waals surface area contributed by atoms with Crippen molar-refractivity contribution in [3.8, 4) is 5.69 Å². The molecule has 8 heteroatoms. The SMILES string of the molecule is CC(=O)Nc1cc(C(=O)NCCN2CCOCC2)nn1-c1ccccc1. The summed E-state index contributed by atoms with van der Waals surface area (Å²) in [6, 6.07) is 10.9. The van der Waals surface area contributed by atoms with E-state index in [9.17, 15) is 9.59 Å². The van der Waals surface area contributed by atoms with E-state index in [1.165, 1.54) is 6.92 Å². The first kappa shape index (κ1) is 18.1. The Balaban J connectivity index is 1.67. The number of anilines is 1. The van der Waals surface area contributed by atoms with Gasteiger partial charge in [0.25, 0.3) is 5.91 Å². The van der Waals surface area contributed by atoms with Crippen LogP contribution in [0, 0.1) is 0 Å². The largest absolute Gasteiger partial charge is 0.379 e. The van der Waals surface area contributed by atoms with Crippen LogP contribution in [0.4, 0.5) is 5.82 Å². The maximum absolute atomic E-state index is 12.4. The summed E-state index contributed by atoms with van der Waals surface area (Å²) in [5.41, 5.74) is 1.03. The number of amides is 2. The van der Waals surface area contributed by atoms with Crippen LogP contribution in [0.3, 0.4) is 0 Å². The highest BCUT2D eigenvalue weighted by Gasteiger charge is 2.17. The van der Waals surface area contributed by atoms with Gasteiger partial charge in [0.05, 0.1) is 18.9 Å². The third kappa shape index (κ3) is 4.68. The molecule has 26 heavy (non-hydrogen) atoms. The van der Waals surface area contributed by atoms with Crippen molar-refractivity contribution in [3.05, 3.63) is 42.1 Å². The van der Waals surface area contributed by atoms with E-state index in [0.29, 0.717) is 12.4 Å². The minimum Gasteiger partial charge on any atom is -0.379 e. The lowest BCUT2D eigenvalue weighted by Crippen LogP contribution is -2.41. The van der Waals surface area contributed by atoms with Crippen molar-refractivity contribution < 1.29 is 14.3 Å². The van der Waals surface area contributed by atoms with E-state index in [0.717, 1.165) is 38.5 Å². The van der Waals surface area contributed by atoms with Gasteiger partial charge in [-0.1, -0.05) is 18.2 Å². The maximum atomic E-state index is 12.4. The van der Waals surface area contributed by atoms with Crippen molar-refractivity contribution in [3.63, 3.8) is 0 Å². The molecule has 138 valence electrons. The molecule has 1 saturated heterocycles. The number of nitrogens with zero attached hydrogens (tertiary/aromatic N) is 3. The smallest absolute Gasteiger partial charge is 0.271 e. The number of hydrogen-bond acceptors (Lipinski definition) is 5. The van der Waals surface area contributed by atoms with Crippen LogP contribution >= 0.6 is 0 Å². The highest BCUT2D eigenvalue weighted by Crippen LogP contribution is 2.17. The Morgan fingerprint density at radius 3 is 2.62 bits per heavy atom. The molecule has 0 radical (unpaired) electrons. The Bertz CT molecular complexity index is 753. The topological polar surface area (TPSA) is 88.5 Å². The van der Waals surface area contributed by atoms with Gasteiger partial charge in [0.15, 0.2) is 5.69 Å². The lowest BCUT2D eigenvalue weighted by molar-refractivity contribution is -0.114. The second-order valence-corrected chi connectivity index (χ2v) is 6.05. The van der Waals surface area contributed by atoms with E-state index in [2.05, 4.69) is 20.6 Å². The van der Waals surface area contributed by atoms with Crippen LogP contribution < -0.4 is 10.6 Å². The first-order chi connectivity index (χ1) is 12.6. The number of morpholine rings is 1. The van der Waals surface area contributed by atoms with Gasteiger partial charge in [-0.2, -0.15) is 5.10 Å². The van der Waals surface area contributed by atoms with E-state index >= 15 is 0 Å². The highest BCUT2D eigenvalue weighted by molar-refractivity contribution is 5.95. The zero-order chi connectivity index (χ0) is 18.4. The standard InChI is InChI=1S/C18H23N5O3/c1-14(24)20-17-13-16(21-23(17)15-5-3-2-4-6-15)18(25)19-7-8-22-9-11-26-12-10-22/h2-6,13H,7-12H2,1H3,(H,19,25)(H,20,24). The van der Waals surface area contributed by atoms with Crippen molar-refractivity contribution in [2.45, 2.75) is 6.92 Å².